The molecule has 6 rings (SSSR count). The van der Waals surface area contributed by atoms with Crippen LogP contribution in [-0.4, -0.2) is 117 Å². The molecule has 32 heteroatoms. The first-order chi connectivity index (χ1) is 38.1. The molecule has 2 aromatic carbocycles. The van der Waals surface area contributed by atoms with Gasteiger partial charge in [0.15, 0.2) is 29.1 Å². The number of carbonyl (C=O) groups is 6. The number of alkyl carbamates (subject to hydrolysis) is 2. The summed E-state index contributed by atoms with van der Waals surface area (Å²) in [6.07, 6.45) is -12.1. The molecular formula is C51H63F12N11O9. The minimum atomic E-state index is -4.73. The van der Waals surface area contributed by atoms with Crippen LogP contribution in [0.25, 0.3) is 0 Å². The van der Waals surface area contributed by atoms with Crippen LogP contribution >= 0.6 is 0 Å². The third-order valence-electron chi connectivity index (χ3n) is 12.1. The van der Waals surface area contributed by atoms with E-state index in [0.29, 0.717) is 24.3 Å². The molecule has 4 amide bonds. The quantitative estimate of drug-likeness (QED) is 0.0570. The summed E-state index contributed by atoms with van der Waals surface area (Å²) in [5.74, 6) is -13.6. The number of carboxylic acids is 1. The number of nitrogens with one attached hydrogen (secondary N) is 3. The first-order valence-electron chi connectivity index (χ1n) is 25.5. The molecule has 0 radical (unpaired) electrons. The van der Waals surface area contributed by atoms with Crippen molar-refractivity contribution in [3.8, 4) is 0 Å². The average molecular weight is 1200 g/mol. The molecule has 0 saturated heterocycles. The number of carbonyl (C=O) groups excluding carboxylic acids is 5. The van der Waals surface area contributed by atoms with Crippen LogP contribution in [0.4, 0.5) is 62.3 Å². The van der Waals surface area contributed by atoms with Gasteiger partial charge in [-0.2, -0.15) is 26.3 Å². The minimum absolute atomic E-state index is 0.00578. The van der Waals surface area contributed by atoms with Crippen LogP contribution in [0.15, 0.2) is 24.3 Å². The maximum Gasteiger partial charge on any atom is 0.451 e. The number of carboxylic acid groups (broad SMARTS) is 1. The first-order valence-corrected chi connectivity index (χ1v) is 25.5. The molecule has 460 valence electrons. The predicted molar refractivity (Wildman–Crippen MR) is 266 cm³/mol. The molecular weight excluding hydrogens is 1140 g/mol. The zero-order chi connectivity index (χ0) is 62.9. The molecule has 2 aliphatic heterocycles. The lowest BCUT2D eigenvalue weighted by Gasteiger charge is -2.31. The number of aromatic nitrogens is 6. The Morgan fingerprint density at radius 1 is 0.639 bits per heavy atom. The van der Waals surface area contributed by atoms with E-state index < -0.39 is 149 Å². The molecule has 0 saturated carbocycles. The molecule has 6 N–H and O–H groups in total. The van der Waals surface area contributed by atoms with Crippen LogP contribution in [0.1, 0.15) is 116 Å². The number of amides is 4. The van der Waals surface area contributed by atoms with E-state index in [2.05, 4.69) is 36.3 Å². The Morgan fingerprint density at radius 2 is 1.11 bits per heavy atom. The molecule has 4 aromatic rings. The summed E-state index contributed by atoms with van der Waals surface area (Å²) in [7, 11) is 0. The van der Waals surface area contributed by atoms with E-state index in [9.17, 15) is 81.5 Å². The minimum Gasteiger partial charge on any atom is -0.480 e. The van der Waals surface area contributed by atoms with Gasteiger partial charge in [-0.05, 0) is 96.9 Å². The highest BCUT2D eigenvalue weighted by atomic mass is 19.4. The zero-order valence-corrected chi connectivity index (χ0v) is 46.3. The van der Waals surface area contributed by atoms with Crippen LogP contribution in [0.2, 0.25) is 0 Å². The number of nitrogens with zero attached hydrogens (tertiary/aromatic N) is 7. The molecule has 83 heavy (non-hydrogen) atoms. The van der Waals surface area contributed by atoms with Gasteiger partial charge in [0.05, 0.1) is 6.54 Å². The van der Waals surface area contributed by atoms with E-state index in [4.69, 9.17) is 20.3 Å². The van der Waals surface area contributed by atoms with Gasteiger partial charge in [-0.15, -0.1) is 20.4 Å². The number of alkyl halides is 6. The van der Waals surface area contributed by atoms with Crippen molar-refractivity contribution >= 4 is 35.8 Å². The summed E-state index contributed by atoms with van der Waals surface area (Å²) in [5, 5.41) is 29.0. The van der Waals surface area contributed by atoms with Crippen LogP contribution in [0.5, 0.6) is 0 Å². The van der Waals surface area contributed by atoms with Crippen molar-refractivity contribution in [3.63, 3.8) is 0 Å². The number of rotatable bonds is 15. The van der Waals surface area contributed by atoms with Gasteiger partial charge in [-0.3, -0.25) is 19.2 Å². The highest BCUT2D eigenvalue weighted by Gasteiger charge is 2.42. The molecule has 0 fully saturated rings. The number of nitrogens with two attached hydrogens (primary N) is 1. The number of ketones is 1. The second-order valence-electron chi connectivity index (χ2n) is 21.7. The number of ether oxygens (including phenoxy) is 2. The van der Waals surface area contributed by atoms with Crippen molar-refractivity contribution < 1.29 is 96.0 Å². The van der Waals surface area contributed by atoms with Crippen molar-refractivity contribution in [1.29, 1.82) is 0 Å². The third-order valence-corrected chi connectivity index (χ3v) is 12.1. The fraction of sp³-hybridized carbons (Fsp3) is 0.569. The number of benzene rings is 2. The van der Waals surface area contributed by atoms with Gasteiger partial charge < -0.3 is 50.3 Å². The molecule has 5 atom stereocenters. The Kier molecular flexibility index (Phi) is 22.7. The zero-order valence-electron chi connectivity index (χ0n) is 46.3. The lowest BCUT2D eigenvalue weighted by Crippen LogP contribution is -2.54. The molecule has 0 bridgehead atoms. The van der Waals surface area contributed by atoms with E-state index in [-0.39, 0.29) is 80.4 Å². The summed E-state index contributed by atoms with van der Waals surface area (Å²) in [5.41, 5.74) is 3.88. The fourth-order valence-corrected chi connectivity index (χ4v) is 8.20. The highest BCUT2D eigenvalue weighted by molar-refractivity contribution is 5.87. The topological polar surface area (TPSA) is 268 Å². The van der Waals surface area contributed by atoms with Crippen LogP contribution < -0.4 is 21.7 Å². The smallest absolute Gasteiger partial charge is 0.451 e. The maximum atomic E-state index is 14.5. The van der Waals surface area contributed by atoms with Crippen molar-refractivity contribution in [3.05, 3.63) is 93.6 Å². The number of halogens is 12. The number of Topliss-reactive ketones (excluding diaryl/α,β-unsaturated/α-hetero) is 1. The van der Waals surface area contributed by atoms with Gasteiger partial charge >= 0.3 is 30.5 Å². The molecule has 5 unspecified atom stereocenters. The standard InChI is InChI=1S/C26H32F6N6O4.C17H16F6N4O.C8H15NO4/c1-13(2)21(34-24(41)42-25(3,4)5)22(40)33-15(8-14-9-17(28)18(29)11-16(14)27)10-20(39)37-6-7-38-19(12-37)35-36-23(38)26(30,31)32;18-11-7-13(20)12(19)4-9(11)3-10(24)6-14(28)8-1-2-27-15(5-8)25-26-16(27)17(21,22)23;1-5(6(10)11)9-7(12)13-8(2,3)4/h9,11,13,15,21H,6-8,10,12H2,1-5H3,(H,33,40)(H,34,41);4,7-8,10H,1-3,5-6,24H2;5H,1-4H3,(H,9,12)(H,10,11). The Morgan fingerprint density at radius 3 is 1.59 bits per heavy atom. The fourth-order valence-electron chi connectivity index (χ4n) is 8.20. The van der Waals surface area contributed by atoms with Crippen LogP contribution in [0, 0.1) is 46.7 Å². The highest BCUT2D eigenvalue weighted by Crippen LogP contribution is 2.33. The van der Waals surface area contributed by atoms with Crippen LogP contribution in [0.3, 0.4) is 0 Å². The normalized spacial score (nSPS) is 15.8. The molecule has 20 nitrogen and oxygen atoms in total. The summed E-state index contributed by atoms with van der Waals surface area (Å²) in [6, 6.07) is -2.08. The number of hydrogen-bond acceptors (Lipinski definition) is 13. The molecule has 4 heterocycles. The van der Waals surface area contributed by atoms with Crippen molar-refractivity contribution in [1.82, 2.24) is 50.4 Å². The Bertz CT molecular complexity index is 2980. The number of fused-ring (bicyclic) bond motifs is 2. The van der Waals surface area contributed by atoms with Gasteiger partial charge in [-0.1, -0.05) is 13.8 Å². The monoisotopic (exact) mass is 1200 g/mol. The van der Waals surface area contributed by atoms with E-state index in [0.717, 1.165) is 9.13 Å². The summed E-state index contributed by atoms with van der Waals surface area (Å²) < 4.78 is 172. The largest absolute Gasteiger partial charge is 0.480 e. The Hall–Kier alpha value is -7.54. The van der Waals surface area contributed by atoms with Crippen molar-refractivity contribution in [2.24, 2.45) is 17.6 Å². The van der Waals surface area contributed by atoms with Crippen LogP contribution in [-0.2, 0) is 79.9 Å². The number of hydrogen-bond donors (Lipinski definition) is 5. The summed E-state index contributed by atoms with van der Waals surface area (Å²) in [6.45, 7) is 13.9. The van der Waals surface area contributed by atoms with Gasteiger partial charge in [0, 0.05) is 69.0 Å². The molecule has 0 spiro atoms. The van der Waals surface area contributed by atoms with Crippen molar-refractivity contribution in [2.75, 3.05) is 6.54 Å². The van der Waals surface area contributed by atoms with Crippen molar-refractivity contribution in [2.45, 2.75) is 168 Å². The van der Waals surface area contributed by atoms with Gasteiger partial charge in [0.1, 0.15) is 46.5 Å². The van der Waals surface area contributed by atoms with E-state index >= 15 is 0 Å². The lowest BCUT2D eigenvalue weighted by molar-refractivity contribution is -0.149. The first kappa shape index (κ1) is 68.0. The average Bonchev–Trinajstić information content (AvgIpc) is 4.23. The molecule has 2 aromatic heterocycles. The van der Waals surface area contributed by atoms with E-state index in [1.165, 1.54) is 11.8 Å². The van der Waals surface area contributed by atoms with Gasteiger partial charge in [-0.25, -0.2) is 35.9 Å². The Labute approximate surface area is 467 Å². The third kappa shape index (κ3) is 20.4. The SMILES string of the molecule is CC(C)C(NC(=O)OC(C)(C)C)C(=O)NC(CC(=O)N1CCn2c(nnc2C(F)(F)F)C1)Cc1cc(F)c(F)cc1F.CC(NC(=O)OC(C)(C)C)C(=O)O.NC(CC(=O)C1CCn2c(nnc2C(F)(F)F)C1)Cc1cc(F)c(F)cc1F. The lowest BCUT2D eigenvalue weighted by atomic mass is 9.88. The van der Waals surface area contributed by atoms with E-state index in [1.807, 2.05) is 0 Å². The Balaban J connectivity index is 0.000000308. The van der Waals surface area contributed by atoms with E-state index in [1.54, 1.807) is 55.4 Å². The van der Waals surface area contributed by atoms with Gasteiger partial charge in [0.2, 0.25) is 23.5 Å². The number of aliphatic carboxylic acids is 1. The maximum absolute atomic E-state index is 14.5. The molecule has 0 aliphatic carbocycles. The van der Waals surface area contributed by atoms with Gasteiger partial charge in [0.25, 0.3) is 0 Å². The second-order valence-corrected chi connectivity index (χ2v) is 21.7. The summed E-state index contributed by atoms with van der Waals surface area (Å²) >= 11 is 0. The predicted octanol–water partition coefficient (Wildman–Crippen LogP) is 7.51. The second kappa shape index (κ2) is 27.7. The molecule has 2 aliphatic rings. The summed E-state index contributed by atoms with van der Waals surface area (Å²) in [4.78, 5) is 73.7.